The minimum absolute atomic E-state index is 0. The number of halogens is 3. The van der Waals surface area contributed by atoms with Crippen molar-refractivity contribution >= 4 is 56.9 Å². The van der Waals surface area contributed by atoms with Crippen LogP contribution in [0.1, 0.15) is 67.9 Å². The molecule has 1 heterocycles. The van der Waals surface area contributed by atoms with Gasteiger partial charge in [-0.1, -0.05) is 86.5 Å². The van der Waals surface area contributed by atoms with Gasteiger partial charge in [0.2, 0.25) is 0 Å². The number of ketones is 1. The molecule has 0 saturated heterocycles. The van der Waals surface area contributed by atoms with Crippen molar-refractivity contribution in [3.63, 3.8) is 0 Å². The molecule has 29 heavy (non-hydrogen) atoms. The molecule has 1 aromatic heterocycles. The predicted octanol–water partition coefficient (Wildman–Crippen LogP) is 7.90. The maximum atomic E-state index is 12.8. The second kappa shape index (κ2) is 11.7. The van der Waals surface area contributed by atoms with E-state index >= 15 is 0 Å². The van der Waals surface area contributed by atoms with E-state index in [0.717, 1.165) is 29.3 Å². The first-order valence-electron chi connectivity index (χ1n) is 10.0. The van der Waals surface area contributed by atoms with Crippen LogP contribution in [0, 0.1) is 0 Å². The molecule has 0 aliphatic carbocycles. The molecule has 0 bridgehead atoms. The molecule has 3 rings (SSSR count). The first-order chi connectivity index (χ1) is 13.6. The van der Waals surface area contributed by atoms with E-state index < -0.39 is 0 Å². The van der Waals surface area contributed by atoms with Crippen LogP contribution >= 0.6 is 40.2 Å². The quantitative estimate of drug-likeness (QED) is 0.210. The summed E-state index contributed by atoms with van der Waals surface area (Å²) in [7, 11) is 0. The molecule has 0 radical (unpaired) electrons. The molecule has 0 N–H and O–H groups in total. The number of nitrogens with zero attached hydrogens (tertiary/aromatic N) is 2. The van der Waals surface area contributed by atoms with Gasteiger partial charge in [-0.05, 0) is 30.2 Å². The number of para-hydroxylation sites is 1. The maximum Gasteiger partial charge on any atom is 0.183 e. The largest absolute Gasteiger partial charge is 0.292 e. The van der Waals surface area contributed by atoms with Crippen LogP contribution in [0.3, 0.4) is 0 Å². The van der Waals surface area contributed by atoms with Crippen molar-refractivity contribution in [3.05, 3.63) is 63.8 Å². The fourth-order valence-corrected chi connectivity index (χ4v) is 3.92. The third kappa shape index (κ3) is 6.31. The monoisotopic (exact) mass is 496 g/mol. The highest BCUT2D eigenvalue weighted by Gasteiger charge is 2.17. The molecular weight excluding hydrogens is 471 g/mol. The van der Waals surface area contributed by atoms with Crippen molar-refractivity contribution in [3.8, 4) is 0 Å². The third-order valence-corrected chi connectivity index (χ3v) is 5.60. The summed E-state index contributed by atoms with van der Waals surface area (Å²) in [5.41, 5.74) is 2.43. The molecule has 3 nitrogen and oxygen atoms in total. The van der Waals surface area contributed by atoms with Crippen molar-refractivity contribution < 1.29 is 4.79 Å². The van der Waals surface area contributed by atoms with E-state index in [1.807, 2.05) is 41.1 Å². The zero-order valence-electron chi connectivity index (χ0n) is 16.7. The molecule has 0 aliphatic heterocycles. The molecule has 0 unspecified atom stereocenters. The Bertz CT molecular complexity index is 955. The van der Waals surface area contributed by atoms with Gasteiger partial charge in [-0.15, -0.1) is 17.0 Å². The highest BCUT2D eigenvalue weighted by molar-refractivity contribution is 8.93. The predicted molar refractivity (Wildman–Crippen MR) is 128 cm³/mol. The van der Waals surface area contributed by atoms with Crippen LogP contribution in [-0.4, -0.2) is 15.6 Å². The van der Waals surface area contributed by atoms with Gasteiger partial charge in [-0.2, -0.15) is 5.10 Å². The van der Waals surface area contributed by atoms with E-state index in [9.17, 15) is 4.79 Å². The van der Waals surface area contributed by atoms with Gasteiger partial charge < -0.3 is 0 Å². The molecular formula is C23H27BrCl2N2O. The number of fused-ring (bicyclic) bond motifs is 1. The Morgan fingerprint density at radius 1 is 1.00 bits per heavy atom. The highest BCUT2D eigenvalue weighted by atomic mass is 79.9. The molecule has 0 atom stereocenters. The summed E-state index contributed by atoms with van der Waals surface area (Å²) in [5.74, 6) is 0.118. The number of hydrogen-bond acceptors (Lipinski definition) is 2. The Labute approximate surface area is 193 Å². The Morgan fingerprint density at radius 2 is 1.72 bits per heavy atom. The van der Waals surface area contributed by atoms with Crippen LogP contribution < -0.4 is 0 Å². The number of carbonyl (C=O) groups is 1. The van der Waals surface area contributed by atoms with Gasteiger partial charge >= 0.3 is 0 Å². The highest BCUT2D eigenvalue weighted by Crippen LogP contribution is 2.25. The van der Waals surface area contributed by atoms with E-state index in [0.29, 0.717) is 28.7 Å². The second-order valence-corrected chi connectivity index (χ2v) is 8.04. The van der Waals surface area contributed by atoms with Gasteiger partial charge in [0.15, 0.2) is 5.78 Å². The minimum atomic E-state index is 0. The minimum Gasteiger partial charge on any atom is -0.292 e. The average molecular weight is 498 g/mol. The summed E-state index contributed by atoms with van der Waals surface area (Å²) in [6.07, 6.45) is 7.54. The van der Waals surface area contributed by atoms with Gasteiger partial charge in [0.25, 0.3) is 0 Å². The summed E-state index contributed by atoms with van der Waals surface area (Å²) in [4.78, 5) is 12.8. The van der Waals surface area contributed by atoms with Crippen molar-refractivity contribution in [1.82, 2.24) is 9.78 Å². The molecule has 2 aromatic carbocycles. The number of Topliss-reactive ketones (excluding diaryl/α,β-unsaturated/α-hetero) is 1. The first-order valence-corrected chi connectivity index (χ1v) is 10.8. The Morgan fingerprint density at radius 3 is 2.48 bits per heavy atom. The van der Waals surface area contributed by atoms with Crippen LogP contribution in [0.15, 0.2) is 42.5 Å². The standard InChI is InChI=1S/C23H26Cl2N2O.BrH/c1-2-3-4-5-6-7-12-22(28)23-19-10-8-9-11-21(19)27(26-23)16-17-13-14-18(24)15-20(17)25;/h8-11,13-15H,2-7,12,16H2,1H3;1H. The topological polar surface area (TPSA) is 34.9 Å². The van der Waals surface area contributed by atoms with Gasteiger partial charge in [0, 0.05) is 21.9 Å². The molecule has 0 fully saturated rings. The molecule has 3 aromatic rings. The van der Waals surface area contributed by atoms with Crippen LogP contribution in [0.4, 0.5) is 0 Å². The first kappa shape index (κ1) is 23.9. The van der Waals surface area contributed by atoms with Crippen molar-refractivity contribution in [2.45, 2.75) is 58.4 Å². The zero-order chi connectivity index (χ0) is 19.9. The van der Waals surface area contributed by atoms with E-state index in [1.165, 1.54) is 25.7 Å². The number of carbonyl (C=O) groups excluding carboxylic acids is 1. The molecule has 6 heteroatoms. The summed E-state index contributed by atoms with van der Waals surface area (Å²) in [6.45, 7) is 2.71. The molecule has 0 saturated carbocycles. The molecule has 0 amide bonds. The van der Waals surface area contributed by atoms with Crippen LogP contribution in [0.25, 0.3) is 10.9 Å². The molecule has 156 valence electrons. The fourth-order valence-electron chi connectivity index (χ4n) is 3.45. The Hall–Kier alpha value is -1.36. The summed E-state index contributed by atoms with van der Waals surface area (Å²) in [6, 6.07) is 13.3. The summed E-state index contributed by atoms with van der Waals surface area (Å²) in [5, 5.41) is 6.77. The second-order valence-electron chi connectivity index (χ2n) is 7.20. The van der Waals surface area contributed by atoms with Crippen molar-refractivity contribution in [2.24, 2.45) is 0 Å². The van der Waals surface area contributed by atoms with E-state index in [-0.39, 0.29) is 22.8 Å². The normalized spacial score (nSPS) is 10.9. The van der Waals surface area contributed by atoms with E-state index in [1.54, 1.807) is 6.07 Å². The lowest BCUT2D eigenvalue weighted by Gasteiger charge is -2.06. The lowest BCUT2D eigenvalue weighted by molar-refractivity contribution is 0.0975. The van der Waals surface area contributed by atoms with Crippen molar-refractivity contribution in [1.29, 1.82) is 0 Å². The maximum absolute atomic E-state index is 12.8. The number of aromatic nitrogens is 2. The number of unbranched alkanes of at least 4 members (excludes halogenated alkanes) is 5. The van der Waals surface area contributed by atoms with E-state index in [4.69, 9.17) is 23.2 Å². The average Bonchev–Trinajstić information content (AvgIpc) is 3.05. The summed E-state index contributed by atoms with van der Waals surface area (Å²) < 4.78 is 1.86. The summed E-state index contributed by atoms with van der Waals surface area (Å²) >= 11 is 12.3. The third-order valence-electron chi connectivity index (χ3n) is 5.01. The zero-order valence-corrected chi connectivity index (χ0v) is 19.9. The van der Waals surface area contributed by atoms with Gasteiger partial charge in [0.05, 0.1) is 12.1 Å². The molecule has 0 aliphatic rings. The van der Waals surface area contributed by atoms with E-state index in [2.05, 4.69) is 12.0 Å². The lowest BCUT2D eigenvalue weighted by Crippen LogP contribution is -2.05. The van der Waals surface area contributed by atoms with Crippen LogP contribution in [0.2, 0.25) is 10.0 Å². The van der Waals surface area contributed by atoms with Crippen molar-refractivity contribution in [2.75, 3.05) is 0 Å². The van der Waals surface area contributed by atoms with Gasteiger partial charge in [-0.25, -0.2) is 0 Å². The SMILES string of the molecule is Br.CCCCCCCCC(=O)c1nn(Cc2ccc(Cl)cc2Cl)c2ccccc12. The number of hydrogen-bond donors (Lipinski definition) is 0. The molecule has 0 spiro atoms. The van der Waals surface area contributed by atoms with Gasteiger partial charge in [-0.3, -0.25) is 9.48 Å². The van der Waals surface area contributed by atoms with Gasteiger partial charge in [0.1, 0.15) is 5.69 Å². The Balaban J connectivity index is 0.00000300. The van der Waals surface area contributed by atoms with Crippen LogP contribution in [0.5, 0.6) is 0 Å². The van der Waals surface area contributed by atoms with Crippen LogP contribution in [-0.2, 0) is 6.54 Å². The number of benzene rings is 2. The smallest absolute Gasteiger partial charge is 0.183 e. The lowest BCUT2D eigenvalue weighted by atomic mass is 10.0. The fraction of sp³-hybridized carbons (Fsp3) is 0.391. The Kier molecular flexibility index (Phi) is 9.67. The number of rotatable bonds is 10.